The van der Waals surface area contributed by atoms with Gasteiger partial charge in [0.1, 0.15) is 12.4 Å². The minimum absolute atomic E-state index is 0.0174. The third-order valence-electron chi connectivity index (χ3n) is 2.51. The molecule has 1 aliphatic rings. The third kappa shape index (κ3) is 2.02. The second-order valence-electron chi connectivity index (χ2n) is 3.60. The van der Waals surface area contributed by atoms with Gasteiger partial charge in [0.15, 0.2) is 5.78 Å². The summed E-state index contributed by atoms with van der Waals surface area (Å²) >= 11 is 0. The number of carbonyl (C=O) groups is 1. The van der Waals surface area contributed by atoms with Crippen LogP contribution in [0.1, 0.15) is 22.3 Å². The van der Waals surface area contributed by atoms with Gasteiger partial charge >= 0.3 is 0 Å². The molecule has 3 heteroatoms. The van der Waals surface area contributed by atoms with Gasteiger partial charge in [0, 0.05) is 7.11 Å². The second kappa shape index (κ2) is 4.45. The summed E-state index contributed by atoms with van der Waals surface area (Å²) in [5, 5.41) is 0. The van der Waals surface area contributed by atoms with Crippen molar-refractivity contribution < 1.29 is 14.3 Å². The zero-order chi connectivity index (χ0) is 10.7. The highest BCUT2D eigenvalue weighted by molar-refractivity contribution is 6.00. The van der Waals surface area contributed by atoms with Gasteiger partial charge in [-0.3, -0.25) is 4.79 Å². The van der Waals surface area contributed by atoms with E-state index in [2.05, 4.69) is 0 Å². The molecule has 0 unspecified atom stereocenters. The number of hydrogen-bond acceptors (Lipinski definition) is 3. The lowest BCUT2D eigenvalue weighted by atomic mass is 10.0. The molecule has 0 bridgehead atoms. The molecule has 15 heavy (non-hydrogen) atoms. The first kappa shape index (κ1) is 10.2. The van der Waals surface area contributed by atoms with Gasteiger partial charge in [0.25, 0.3) is 0 Å². The van der Waals surface area contributed by atoms with E-state index in [-0.39, 0.29) is 12.4 Å². The smallest absolute Gasteiger partial charge is 0.192 e. The van der Waals surface area contributed by atoms with E-state index in [1.54, 1.807) is 6.07 Å². The van der Waals surface area contributed by atoms with Crippen molar-refractivity contribution in [3.63, 3.8) is 0 Å². The van der Waals surface area contributed by atoms with Crippen molar-refractivity contribution in [2.24, 2.45) is 0 Å². The molecule has 1 heterocycles. The standard InChI is InChI=1S/C12H14O3/c1-14-8-11(13)10-6-2-4-9-5-3-7-15-12(9)10/h2,4,6H,3,5,7-8H2,1H3. The number of hydrogen-bond donors (Lipinski definition) is 0. The van der Waals surface area contributed by atoms with Crippen LogP contribution in [-0.4, -0.2) is 26.1 Å². The lowest BCUT2D eigenvalue weighted by Gasteiger charge is -2.19. The Morgan fingerprint density at radius 2 is 2.40 bits per heavy atom. The quantitative estimate of drug-likeness (QED) is 0.708. The van der Waals surface area contributed by atoms with E-state index >= 15 is 0 Å². The molecule has 3 nitrogen and oxygen atoms in total. The van der Waals surface area contributed by atoms with Gasteiger partial charge in [-0.15, -0.1) is 0 Å². The van der Waals surface area contributed by atoms with Gasteiger partial charge in [-0.1, -0.05) is 12.1 Å². The number of methoxy groups -OCH3 is 1. The first-order chi connectivity index (χ1) is 7.33. The Hall–Kier alpha value is -1.35. The summed E-state index contributed by atoms with van der Waals surface area (Å²) in [4.78, 5) is 11.7. The highest BCUT2D eigenvalue weighted by atomic mass is 16.5. The van der Waals surface area contributed by atoms with Crippen molar-refractivity contribution >= 4 is 5.78 Å². The average Bonchev–Trinajstić information content (AvgIpc) is 2.28. The van der Waals surface area contributed by atoms with Crippen LogP contribution >= 0.6 is 0 Å². The summed E-state index contributed by atoms with van der Waals surface area (Å²) < 4.78 is 10.4. The van der Waals surface area contributed by atoms with Crippen LogP contribution in [-0.2, 0) is 11.2 Å². The third-order valence-corrected chi connectivity index (χ3v) is 2.51. The summed E-state index contributed by atoms with van der Waals surface area (Å²) in [6, 6.07) is 5.71. The molecule has 0 spiro atoms. The zero-order valence-corrected chi connectivity index (χ0v) is 8.79. The summed E-state index contributed by atoms with van der Waals surface area (Å²) in [5.41, 5.74) is 1.78. The van der Waals surface area contributed by atoms with Crippen LogP contribution < -0.4 is 4.74 Å². The predicted molar refractivity (Wildman–Crippen MR) is 56.5 cm³/mol. The van der Waals surface area contributed by atoms with E-state index in [4.69, 9.17) is 9.47 Å². The molecule has 1 aromatic carbocycles. The van der Waals surface area contributed by atoms with Crippen molar-refractivity contribution in [1.29, 1.82) is 0 Å². The Bertz CT molecular complexity index is 371. The van der Waals surface area contributed by atoms with Crippen LogP contribution in [0, 0.1) is 0 Å². The lowest BCUT2D eigenvalue weighted by molar-refractivity contribution is 0.0843. The number of Topliss-reactive ketones (excluding diaryl/α,β-unsaturated/α-hetero) is 1. The maximum absolute atomic E-state index is 11.7. The molecule has 0 aromatic heterocycles. The molecular weight excluding hydrogens is 192 g/mol. The van der Waals surface area contributed by atoms with Crippen LogP contribution in [0.3, 0.4) is 0 Å². The van der Waals surface area contributed by atoms with E-state index in [0.717, 1.165) is 24.2 Å². The molecule has 0 saturated heterocycles. The van der Waals surface area contributed by atoms with Gasteiger partial charge in [0.2, 0.25) is 0 Å². The number of ketones is 1. The van der Waals surface area contributed by atoms with Crippen LogP contribution in [0.5, 0.6) is 5.75 Å². The Balaban J connectivity index is 2.34. The summed E-state index contributed by atoms with van der Waals surface area (Å²) in [7, 11) is 1.52. The number of aryl methyl sites for hydroxylation is 1. The molecule has 0 fully saturated rings. The number of rotatable bonds is 3. The number of benzene rings is 1. The highest BCUT2D eigenvalue weighted by Gasteiger charge is 2.18. The first-order valence-corrected chi connectivity index (χ1v) is 5.09. The van der Waals surface area contributed by atoms with Crippen LogP contribution in [0.25, 0.3) is 0 Å². The summed E-state index contributed by atoms with van der Waals surface area (Å²) in [6.07, 6.45) is 2.01. The average molecular weight is 206 g/mol. The summed E-state index contributed by atoms with van der Waals surface area (Å²) in [6.45, 7) is 0.810. The predicted octanol–water partition coefficient (Wildman–Crippen LogP) is 1.84. The van der Waals surface area contributed by atoms with Crippen LogP contribution in [0.15, 0.2) is 18.2 Å². The molecule has 0 aliphatic carbocycles. The topological polar surface area (TPSA) is 35.5 Å². The van der Waals surface area contributed by atoms with E-state index in [1.165, 1.54) is 7.11 Å². The van der Waals surface area contributed by atoms with E-state index in [9.17, 15) is 4.79 Å². The minimum atomic E-state index is -0.0174. The summed E-state index contributed by atoms with van der Waals surface area (Å²) in [5.74, 6) is 0.738. The van der Waals surface area contributed by atoms with Crippen molar-refractivity contribution in [3.8, 4) is 5.75 Å². The highest BCUT2D eigenvalue weighted by Crippen LogP contribution is 2.29. The Morgan fingerprint density at radius 3 is 3.20 bits per heavy atom. The molecule has 0 amide bonds. The Labute approximate surface area is 89.0 Å². The van der Waals surface area contributed by atoms with Gasteiger partial charge in [-0.2, -0.15) is 0 Å². The number of fused-ring (bicyclic) bond motifs is 1. The van der Waals surface area contributed by atoms with Gasteiger partial charge in [0.05, 0.1) is 12.2 Å². The molecule has 1 aliphatic heterocycles. The van der Waals surface area contributed by atoms with E-state index < -0.39 is 0 Å². The Morgan fingerprint density at radius 1 is 1.53 bits per heavy atom. The fraction of sp³-hybridized carbons (Fsp3) is 0.417. The maximum atomic E-state index is 11.7. The minimum Gasteiger partial charge on any atom is -0.493 e. The molecule has 1 aromatic rings. The molecule has 0 N–H and O–H groups in total. The van der Waals surface area contributed by atoms with Crippen molar-refractivity contribution in [1.82, 2.24) is 0 Å². The molecular formula is C12H14O3. The van der Waals surface area contributed by atoms with Gasteiger partial charge in [-0.25, -0.2) is 0 Å². The SMILES string of the molecule is COCC(=O)c1cccc2c1OCCC2. The second-order valence-corrected chi connectivity index (χ2v) is 3.60. The molecule has 80 valence electrons. The van der Waals surface area contributed by atoms with Crippen LogP contribution in [0.4, 0.5) is 0 Å². The molecule has 0 radical (unpaired) electrons. The molecule has 2 rings (SSSR count). The van der Waals surface area contributed by atoms with Gasteiger partial charge in [-0.05, 0) is 24.5 Å². The monoisotopic (exact) mass is 206 g/mol. The van der Waals surface area contributed by atoms with Crippen molar-refractivity contribution in [3.05, 3.63) is 29.3 Å². The Kier molecular flexibility index (Phi) is 3.02. The first-order valence-electron chi connectivity index (χ1n) is 5.09. The van der Waals surface area contributed by atoms with Crippen LogP contribution in [0.2, 0.25) is 0 Å². The number of para-hydroxylation sites is 1. The maximum Gasteiger partial charge on any atom is 0.192 e. The fourth-order valence-electron chi connectivity index (χ4n) is 1.82. The van der Waals surface area contributed by atoms with E-state index in [0.29, 0.717) is 12.2 Å². The number of ether oxygens (including phenoxy) is 2. The van der Waals surface area contributed by atoms with Crippen molar-refractivity contribution in [2.75, 3.05) is 20.3 Å². The molecule has 0 saturated carbocycles. The van der Waals surface area contributed by atoms with Gasteiger partial charge < -0.3 is 9.47 Å². The van der Waals surface area contributed by atoms with Crippen molar-refractivity contribution in [2.45, 2.75) is 12.8 Å². The number of carbonyl (C=O) groups excluding carboxylic acids is 1. The van der Waals surface area contributed by atoms with E-state index in [1.807, 2.05) is 12.1 Å². The lowest BCUT2D eigenvalue weighted by Crippen LogP contribution is -2.15. The fourth-order valence-corrected chi connectivity index (χ4v) is 1.82. The molecule has 0 atom stereocenters. The normalized spacial score (nSPS) is 14.2. The zero-order valence-electron chi connectivity index (χ0n) is 8.79. The largest absolute Gasteiger partial charge is 0.493 e.